The Balaban J connectivity index is 2.54. The van der Waals surface area contributed by atoms with Gasteiger partial charge in [-0.3, -0.25) is 4.79 Å². The minimum atomic E-state index is -0.0952. The topological polar surface area (TPSA) is 55.3 Å². The predicted molar refractivity (Wildman–Crippen MR) is 62.8 cm³/mol. The molecule has 1 rings (SSSR count). The Hall–Kier alpha value is -1.30. The lowest BCUT2D eigenvalue weighted by molar-refractivity contribution is 0.241. The fourth-order valence-corrected chi connectivity index (χ4v) is 1.37. The van der Waals surface area contributed by atoms with Gasteiger partial charge in [0, 0.05) is 25.9 Å². The second-order valence-corrected chi connectivity index (χ2v) is 4.23. The SMILES string of the molecule is CCCOc1cnc(SC(=O)N(C)C)nc1. The highest BCUT2D eigenvalue weighted by molar-refractivity contribution is 8.13. The summed E-state index contributed by atoms with van der Waals surface area (Å²) in [5, 5.41) is 0.338. The van der Waals surface area contributed by atoms with Crippen molar-refractivity contribution in [2.75, 3.05) is 20.7 Å². The summed E-state index contributed by atoms with van der Waals surface area (Å²) >= 11 is 0.993. The van der Waals surface area contributed by atoms with Gasteiger partial charge in [-0.05, 0) is 6.42 Å². The first-order chi connectivity index (χ1) is 7.63. The lowest BCUT2D eigenvalue weighted by Crippen LogP contribution is -2.16. The maximum Gasteiger partial charge on any atom is 0.288 e. The molecule has 0 spiro atoms. The maximum atomic E-state index is 11.3. The molecule has 0 aliphatic rings. The number of carbonyl (C=O) groups excluding carboxylic acids is 1. The molecule has 1 aromatic rings. The summed E-state index contributed by atoms with van der Waals surface area (Å²) in [7, 11) is 3.38. The number of carbonyl (C=O) groups is 1. The van der Waals surface area contributed by atoms with Crippen molar-refractivity contribution in [2.45, 2.75) is 18.5 Å². The van der Waals surface area contributed by atoms with Crippen molar-refractivity contribution in [3.63, 3.8) is 0 Å². The van der Waals surface area contributed by atoms with Crippen LogP contribution in [0.2, 0.25) is 0 Å². The number of nitrogens with zero attached hydrogens (tertiary/aromatic N) is 3. The molecule has 5 nitrogen and oxygen atoms in total. The van der Waals surface area contributed by atoms with Crippen LogP contribution in [-0.4, -0.2) is 40.8 Å². The van der Waals surface area contributed by atoms with Gasteiger partial charge in [-0.2, -0.15) is 0 Å². The highest BCUT2D eigenvalue weighted by Crippen LogP contribution is 2.17. The number of rotatable bonds is 4. The molecule has 0 unspecified atom stereocenters. The molecule has 16 heavy (non-hydrogen) atoms. The van der Waals surface area contributed by atoms with Crippen molar-refractivity contribution in [3.05, 3.63) is 12.4 Å². The third-order valence-electron chi connectivity index (χ3n) is 1.62. The number of aromatic nitrogens is 2. The molecule has 6 heteroatoms. The van der Waals surface area contributed by atoms with E-state index < -0.39 is 0 Å². The molecule has 0 saturated carbocycles. The number of hydrogen-bond acceptors (Lipinski definition) is 5. The molecular formula is C10H15N3O2S. The second kappa shape index (κ2) is 6.32. The second-order valence-electron chi connectivity index (χ2n) is 3.31. The third-order valence-corrected chi connectivity index (χ3v) is 2.55. The standard InChI is InChI=1S/C10H15N3O2S/c1-4-5-15-8-6-11-9(12-7-8)16-10(14)13(2)3/h6-7H,4-5H2,1-3H3. The molecule has 0 N–H and O–H groups in total. The zero-order valence-corrected chi connectivity index (χ0v) is 10.5. The molecule has 0 radical (unpaired) electrons. The monoisotopic (exact) mass is 241 g/mol. The summed E-state index contributed by atoms with van der Waals surface area (Å²) in [6, 6.07) is 0. The van der Waals surface area contributed by atoms with Crippen LogP contribution < -0.4 is 4.74 Å². The number of ether oxygens (including phenoxy) is 1. The lowest BCUT2D eigenvalue weighted by atomic mass is 10.5. The van der Waals surface area contributed by atoms with Crippen LogP contribution in [0.25, 0.3) is 0 Å². The van der Waals surface area contributed by atoms with Crippen LogP contribution in [0, 0.1) is 0 Å². The van der Waals surface area contributed by atoms with Crippen molar-refractivity contribution in [3.8, 4) is 5.75 Å². The summed E-state index contributed by atoms with van der Waals surface area (Å²) in [4.78, 5) is 20.9. The first kappa shape index (κ1) is 12.8. The molecule has 0 aromatic carbocycles. The van der Waals surface area contributed by atoms with Gasteiger partial charge in [0.1, 0.15) is 0 Å². The largest absolute Gasteiger partial charge is 0.490 e. The molecule has 0 fully saturated rings. The van der Waals surface area contributed by atoms with Crippen molar-refractivity contribution < 1.29 is 9.53 Å². The van der Waals surface area contributed by atoms with Crippen LogP contribution in [0.15, 0.2) is 17.6 Å². The van der Waals surface area contributed by atoms with E-state index in [1.54, 1.807) is 26.5 Å². The minimum Gasteiger partial charge on any atom is -0.490 e. The maximum absolute atomic E-state index is 11.3. The van der Waals surface area contributed by atoms with Gasteiger partial charge in [0.05, 0.1) is 19.0 Å². The molecule has 1 amide bonds. The van der Waals surface area contributed by atoms with Crippen LogP contribution >= 0.6 is 11.8 Å². The summed E-state index contributed by atoms with van der Waals surface area (Å²) in [5.74, 6) is 0.628. The highest BCUT2D eigenvalue weighted by Gasteiger charge is 2.08. The Morgan fingerprint density at radius 1 is 1.44 bits per heavy atom. The Kier molecular flexibility index (Phi) is 5.04. The zero-order valence-electron chi connectivity index (χ0n) is 9.64. The van der Waals surface area contributed by atoms with E-state index in [0.717, 1.165) is 18.2 Å². The first-order valence-electron chi connectivity index (χ1n) is 4.97. The van der Waals surface area contributed by atoms with E-state index in [2.05, 4.69) is 9.97 Å². The smallest absolute Gasteiger partial charge is 0.288 e. The normalized spacial score (nSPS) is 9.94. The van der Waals surface area contributed by atoms with Crippen LogP contribution in [-0.2, 0) is 0 Å². The van der Waals surface area contributed by atoms with E-state index >= 15 is 0 Å². The first-order valence-corrected chi connectivity index (χ1v) is 5.79. The molecule has 0 aliphatic heterocycles. The van der Waals surface area contributed by atoms with Crippen molar-refractivity contribution in [2.24, 2.45) is 0 Å². The van der Waals surface area contributed by atoms with Crippen molar-refractivity contribution in [1.29, 1.82) is 0 Å². The Morgan fingerprint density at radius 2 is 2.06 bits per heavy atom. The average Bonchev–Trinajstić information content (AvgIpc) is 2.28. The van der Waals surface area contributed by atoms with E-state index in [-0.39, 0.29) is 5.24 Å². The van der Waals surface area contributed by atoms with Crippen molar-refractivity contribution >= 4 is 17.0 Å². The third kappa shape index (κ3) is 4.06. The van der Waals surface area contributed by atoms with Gasteiger partial charge >= 0.3 is 0 Å². The van der Waals surface area contributed by atoms with Gasteiger partial charge in [-0.1, -0.05) is 6.92 Å². The molecule has 1 aromatic heterocycles. The van der Waals surface area contributed by atoms with E-state index in [0.29, 0.717) is 17.5 Å². The fourth-order valence-electron chi connectivity index (χ4n) is 0.821. The lowest BCUT2D eigenvalue weighted by Gasteiger charge is -2.08. The van der Waals surface area contributed by atoms with Crippen LogP contribution in [0.4, 0.5) is 4.79 Å². The molecule has 88 valence electrons. The summed E-state index contributed by atoms with van der Waals surface area (Å²) in [6.45, 7) is 2.67. The van der Waals surface area contributed by atoms with Gasteiger partial charge in [0.15, 0.2) is 10.9 Å². The van der Waals surface area contributed by atoms with Gasteiger partial charge in [-0.15, -0.1) is 0 Å². The molecule has 0 atom stereocenters. The quantitative estimate of drug-likeness (QED) is 0.596. The van der Waals surface area contributed by atoms with Gasteiger partial charge < -0.3 is 9.64 Å². The van der Waals surface area contributed by atoms with Crippen LogP contribution in [0.5, 0.6) is 5.75 Å². The summed E-state index contributed by atoms with van der Waals surface area (Å²) < 4.78 is 5.33. The van der Waals surface area contributed by atoms with Crippen molar-refractivity contribution in [1.82, 2.24) is 14.9 Å². The molecule has 0 bridgehead atoms. The number of thioether (sulfide) groups is 1. The van der Waals surface area contributed by atoms with Gasteiger partial charge in [0.25, 0.3) is 5.24 Å². The highest BCUT2D eigenvalue weighted by atomic mass is 32.2. The summed E-state index contributed by atoms with van der Waals surface area (Å²) in [6.07, 6.45) is 4.09. The Labute approximate surface area is 99.2 Å². The van der Waals surface area contributed by atoms with Gasteiger partial charge in [0.2, 0.25) is 0 Å². The average molecular weight is 241 g/mol. The van der Waals surface area contributed by atoms with E-state index in [1.807, 2.05) is 6.92 Å². The van der Waals surface area contributed by atoms with E-state index in [9.17, 15) is 4.79 Å². The van der Waals surface area contributed by atoms with Crippen LogP contribution in [0.1, 0.15) is 13.3 Å². The fraction of sp³-hybridized carbons (Fsp3) is 0.500. The van der Waals surface area contributed by atoms with E-state index in [1.165, 1.54) is 4.90 Å². The predicted octanol–water partition coefficient (Wildman–Crippen LogP) is 2.04. The number of amides is 1. The van der Waals surface area contributed by atoms with Gasteiger partial charge in [-0.25, -0.2) is 9.97 Å². The number of hydrogen-bond donors (Lipinski definition) is 0. The molecule has 0 saturated heterocycles. The molecule has 0 aliphatic carbocycles. The van der Waals surface area contributed by atoms with E-state index in [4.69, 9.17) is 4.74 Å². The zero-order chi connectivity index (χ0) is 12.0. The molecular weight excluding hydrogens is 226 g/mol. The molecule has 1 heterocycles. The summed E-state index contributed by atoms with van der Waals surface area (Å²) in [5.41, 5.74) is 0. The minimum absolute atomic E-state index is 0.0952. The Bertz CT molecular complexity index is 340. The Morgan fingerprint density at radius 3 is 2.56 bits per heavy atom. The van der Waals surface area contributed by atoms with Crippen LogP contribution in [0.3, 0.4) is 0 Å².